The Labute approximate surface area is 110 Å². The van der Waals surface area contributed by atoms with Crippen LogP contribution in [0, 0.1) is 9.49 Å². The molecule has 1 aromatic rings. The number of carbonyl (C=O) groups is 1. The lowest BCUT2D eigenvalue weighted by Crippen LogP contribution is -2.23. The molecule has 0 amide bonds. The molecule has 1 heterocycles. The minimum atomic E-state index is 0.0602. The van der Waals surface area contributed by atoms with Crippen LogP contribution in [0.15, 0.2) is 24.3 Å². The largest absolute Gasteiger partial charge is 0.377 e. The summed E-state index contributed by atoms with van der Waals surface area (Å²) in [4.78, 5) is 12.2. The van der Waals surface area contributed by atoms with Gasteiger partial charge in [0.05, 0.1) is 12.0 Å². The Bertz CT molecular complexity index is 372. The Morgan fingerprint density at radius 1 is 1.44 bits per heavy atom. The van der Waals surface area contributed by atoms with E-state index in [0.29, 0.717) is 0 Å². The number of halogens is 1. The molecule has 1 aliphatic rings. The number of ketones is 1. The van der Waals surface area contributed by atoms with Gasteiger partial charge in [0.25, 0.3) is 0 Å². The first kappa shape index (κ1) is 12.0. The predicted molar refractivity (Wildman–Crippen MR) is 71.6 cm³/mol. The molecule has 1 saturated heterocycles. The molecule has 2 unspecified atom stereocenters. The molecule has 0 aliphatic carbocycles. The fraction of sp³-hybridized carbons (Fsp3) is 0.462. The van der Waals surface area contributed by atoms with Gasteiger partial charge in [-0.2, -0.15) is 0 Å². The highest BCUT2D eigenvalue weighted by Gasteiger charge is 2.32. The van der Waals surface area contributed by atoms with Crippen LogP contribution in [-0.4, -0.2) is 18.5 Å². The highest BCUT2D eigenvalue weighted by atomic mass is 127. The molecule has 2 nitrogen and oxygen atoms in total. The third-order valence-electron chi connectivity index (χ3n) is 3.08. The van der Waals surface area contributed by atoms with Gasteiger partial charge < -0.3 is 4.74 Å². The second-order valence-corrected chi connectivity index (χ2v) is 5.33. The quantitative estimate of drug-likeness (QED) is 0.628. The molecule has 1 aliphatic heterocycles. The van der Waals surface area contributed by atoms with Gasteiger partial charge >= 0.3 is 0 Å². The summed E-state index contributed by atoms with van der Waals surface area (Å²) in [6.45, 7) is 2.80. The van der Waals surface area contributed by atoms with Crippen LogP contribution in [0.4, 0.5) is 0 Å². The van der Waals surface area contributed by atoms with Gasteiger partial charge in [0.15, 0.2) is 5.78 Å². The third kappa shape index (κ3) is 2.46. The number of hydrogen-bond acceptors (Lipinski definition) is 2. The van der Waals surface area contributed by atoms with Crippen molar-refractivity contribution in [1.82, 2.24) is 0 Å². The first-order valence-electron chi connectivity index (χ1n) is 5.63. The summed E-state index contributed by atoms with van der Waals surface area (Å²) in [5, 5.41) is 0. The molecule has 0 N–H and O–H groups in total. The van der Waals surface area contributed by atoms with Gasteiger partial charge in [0.2, 0.25) is 0 Å². The van der Waals surface area contributed by atoms with Crippen molar-refractivity contribution in [2.45, 2.75) is 25.9 Å². The molecule has 0 bridgehead atoms. The zero-order valence-corrected chi connectivity index (χ0v) is 11.4. The van der Waals surface area contributed by atoms with Gasteiger partial charge in [0, 0.05) is 15.7 Å². The van der Waals surface area contributed by atoms with Crippen LogP contribution in [0.1, 0.15) is 30.1 Å². The first-order valence-corrected chi connectivity index (χ1v) is 6.71. The van der Waals surface area contributed by atoms with Crippen molar-refractivity contribution in [3.05, 3.63) is 33.4 Å². The fourth-order valence-corrected chi connectivity index (χ4v) is 2.54. The summed E-state index contributed by atoms with van der Waals surface area (Å²) in [7, 11) is 0. The molecule has 0 radical (unpaired) electrons. The normalized spacial score (nSPS) is 24.6. The van der Waals surface area contributed by atoms with Crippen molar-refractivity contribution in [3.63, 3.8) is 0 Å². The molecular weight excluding hydrogens is 315 g/mol. The topological polar surface area (TPSA) is 26.3 Å². The minimum absolute atomic E-state index is 0.0602. The van der Waals surface area contributed by atoms with E-state index in [1.165, 1.54) is 0 Å². The number of hydrogen-bond donors (Lipinski definition) is 0. The standard InChI is InChI=1S/C13H15IO2/c1-2-12-11(7-8-16-12)13(15)9-3-5-10(14)6-4-9/h3-6,11-12H,2,7-8H2,1H3. The SMILES string of the molecule is CCC1OCCC1C(=O)c1ccc(I)cc1. The molecule has 2 atom stereocenters. The molecule has 1 fully saturated rings. The van der Waals surface area contributed by atoms with E-state index < -0.39 is 0 Å². The van der Waals surface area contributed by atoms with Crippen LogP contribution < -0.4 is 0 Å². The second kappa shape index (κ2) is 5.27. The average molecular weight is 330 g/mol. The van der Waals surface area contributed by atoms with E-state index in [1.807, 2.05) is 24.3 Å². The molecule has 0 spiro atoms. The molecule has 86 valence electrons. The molecule has 1 aromatic carbocycles. The van der Waals surface area contributed by atoms with E-state index in [1.54, 1.807) is 0 Å². The number of rotatable bonds is 3. The first-order chi connectivity index (χ1) is 7.72. The summed E-state index contributed by atoms with van der Waals surface area (Å²) in [6, 6.07) is 7.78. The van der Waals surface area contributed by atoms with Crippen LogP contribution in [-0.2, 0) is 4.74 Å². The monoisotopic (exact) mass is 330 g/mol. The summed E-state index contributed by atoms with van der Waals surface area (Å²) in [5.74, 6) is 0.297. The number of Topliss-reactive ketones (excluding diaryl/α,β-unsaturated/α-hetero) is 1. The zero-order valence-electron chi connectivity index (χ0n) is 9.28. The van der Waals surface area contributed by atoms with Gasteiger partial charge in [-0.1, -0.05) is 19.1 Å². The maximum Gasteiger partial charge on any atom is 0.168 e. The van der Waals surface area contributed by atoms with Gasteiger partial charge in [0.1, 0.15) is 0 Å². The van der Waals surface area contributed by atoms with Crippen molar-refractivity contribution >= 4 is 28.4 Å². The Morgan fingerprint density at radius 2 is 2.12 bits per heavy atom. The van der Waals surface area contributed by atoms with Crippen molar-refractivity contribution in [2.75, 3.05) is 6.61 Å². The molecule has 0 saturated carbocycles. The summed E-state index contributed by atoms with van der Waals surface area (Å²) >= 11 is 2.24. The molecule has 3 heteroatoms. The van der Waals surface area contributed by atoms with Crippen LogP contribution >= 0.6 is 22.6 Å². The van der Waals surface area contributed by atoms with Crippen LogP contribution in [0.5, 0.6) is 0 Å². The van der Waals surface area contributed by atoms with Crippen LogP contribution in [0.3, 0.4) is 0 Å². The highest BCUT2D eigenvalue weighted by molar-refractivity contribution is 14.1. The fourth-order valence-electron chi connectivity index (χ4n) is 2.18. The van der Waals surface area contributed by atoms with E-state index in [-0.39, 0.29) is 17.8 Å². The van der Waals surface area contributed by atoms with E-state index in [9.17, 15) is 4.79 Å². The van der Waals surface area contributed by atoms with E-state index in [0.717, 1.165) is 28.6 Å². The number of ether oxygens (including phenoxy) is 1. The van der Waals surface area contributed by atoms with Crippen LogP contribution in [0.25, 0.3) is 0 Å². The number of benzene rings is 1. The highest BCUT2D eigenvalue weighted by Crippen LogP contribution is 2.27. The molecule has 0 aromatic heterocycles. The van der Waals surface area contributed by atoms with Gasteiger partial charge in [-0.25, -0.2) is 0 Å². The van der Waals surface area contributed by atoms with E-state index in [4.69, 9.17) is 4.74 Å². The van der Waals surface area contributed by atoms with Gasteiger partial charge in [-0.15, -0.1) is 0 Å². The molecule has 2 rings (SSSR count). The maximum atomic E-state index is 12.2. The Hall–Kier alpha value is -0.420. The Morgan fingerprint density at radius 3 is 2.75 bits per heavy atom. The maximum absolute atomic E-state index is 12.2. The lowest BCUT2D eigenvalue weighted by Gasteiger charge is -2.15. The lowest BCUT2D eigenvalue weighted by atomic mass is 9.91. The lowest BCUT2D eigenvalue weighted by molar-refractivity contribution is 0.0689. The average Bonchev–Trinajstić information content (AvgIpc) is 2.77. The predicted octanol–water partition coefficient (Wildman–Crippen LogP) is 3.29. The summed E-state index contributed by atoms with van der Waals surface area (Å²) in [5.41, 5.74) is 0.814. The zero-order chi connectivity index (χ0) is 11.5. The smallest absolute Gasteiger partial charge is 0.168 e. The minimum Gasteiger partial charge on any atom is -0.377 e. The van der Waals surface area contributed by atoms with Gasteiger partial charge in [-0.3, -0.25) is 4.79 Å². The van der Waals surface area contributed by atoms with E-state index in [2.05, 4.69) is 29.5 Å². The Balaban J connectivity index is 2.15. The summed E-state index contributed by atoms with van der Waals surface area (Å²) < 4.78 is 6.72. The Kier molecular flexibility index (Phi) is 3.97. The third-order valence-corrected chi connectivity index (χ3v) is 3.80. The van der Waals surface area contributed by atoms with E-state index >= 15 is 0 Å². The summed E-state index contributed by atoms with van der Waals surface area (Å²) in [6.07, 6.45) is 1.90. The molecular formula is C13H15IO2. The molecule has 16 heavy (non-hydrogen) atoms. The van der Waals surface area contributed by atoms with Crippen molar-refractivity contribution < 1.29 is 9.53 Å². The van der Waals surface area contributed by atoms with Crippen molar-refractivity contribution in [3.8, 4) is 0 Å². The van der Waals surface area contributed by atoms with Crippen molar-refractivity contribution in [2.24, 2.45) is 5.92 Å². The second-order valence-electron chi connectivity index (χ2n) is 4.08. The number of carbonyl (C=O) groups excluding carboxylic acids is 1. The van der Waals surface area contributed by atoms with Gasteiger partial charge in [-0.05, 0) is 47.6 Å². The van der Waals surface area contributed by atoms with Crippen LogP contribution in [0.2, 0.25) is 0 Å². The van der Waals surface area contributed by atoms with Crippen molar-refractivity contribution in [1.29, 1.82) is 0 Å².